The Bertz CT molecular complexity index is 551. The van der Waals surface area contributed by atoms with Gasteiger partial charge in [0, 0.05) is 18.6 Å². The van der Waals surface area contributed by atoms with Crippen molar-refractivity contribution in [1.29, 1.82) is 0 Å². The number of benzene rings is 1. The van der Waals surface area contributed by atoms with Crippen molar-refractivity contribution in [3.05, 3.63) is 46.1 Å². The Kier molecular flexibility index (Phi) is 3.89. The predicted octanol–water partition coefficient (Wildman–Crippen LogP) is 2.42. The van der Waals surface area contributed by atoms with Crippen molar-refractivity contribution >= 4 is 11.6 Å². The van der Waals surface area contributed by atoms with E-state index in [1.54, 1.807) is 4.68 Å². The Morgan fingerprint density at radius 3 is 2.89 bits per heavy atom. The molecule has 2 rings (SSSR count). The van der Waals surface area contributed by atoms with Crippen LogP contribution in [0.5, 0.6) is 5.88 Å². The quantitative estimate of drug-likeness (QED) is 0.924. The van der Waals surface area contributed by atoms with Gasteiger partial charge in [0.1, 0.15) is 6.61 Å². The number of hydrogen-bond acceptors (Lipinski definition) is 3. The van der Waals surface area contributed by atoms with Crippen LogP contribution in [0.25, 0.3) is 0 Å². The SMILES string of the molecule is Cc1nn(C)c(OCc2cccc(Cl)c2)c1CN. The minimum atomic E-state index is 0.421. The molecule has 0 aliphatic heterocycles. The van der Waals surface area contributed by atoms with Gasteiger partial charge in [0.05, 0.1) is 11.3 Å². The summed E-state index contributed by atoms with van der Waals surface area (Å²) in [4.78, 5) is 0. The monoisotopic (exact) mass is 265 g/mol. The lowest BCUT2D eigenvalue weighted by molar-refractivity contribution is 0.276. The fourth-order valence-corrected chi connectivity index (χ4v) is 2.09. The first-order chi connectivity index (χ1) is 8.61. The molecule has 1 aromatic heterocycles. The molecular formula is C13H16ClN3O. The van der Waals surface area contributed by atoms with Crippen LogP contribution in [0.1, 0.15) is 16.8 Å². The number of aromatic nitrogens is 2. The molecule has 0 bridgehead atoms. The van der Waals surface area contributed by atoms with E-state index in [1.807, 2.05) is 38.2 Å². The maximum atomic E-state index is 5.93. The van der Waals surface area contributed by atoms with Crippen molar-refractivity contribution in [2.45, 2.75) is 20.1 Å². The molecule has 18 heavy (non-hydrogen) atoms. The van der Waals surface area contributed by atoms with Gasteiger partial charge in [-0.15, -0.1) is 0 Å². The Morgan fingerprint density at radius 2 is 2.22 bits per heavy atom. The first-order valence-corrected chi connectivity index (χ1v) is 6.09. The van der Waals surface area contributed by atoms with E-state index in [-0.39, 0.29) is 0 Å². The van der Waals surface area contributed by atoms with E-state index in [1.165, 1.54) is 0 Å². The summed E-state index contributed by atoms with van der Waals surface area (Å²) in [5.74, 6) is 0.718. The van der Waals surface area contributed by atoms with Crippen molar-refractivity contribution < 1.29 is 4.74 Å². The molecule has 96 valence electrons. The number of rotatable bonds is 4. The fraction of sp³-hybridized carbons (Fsp3) is 0.308. The Morgan fingerprint density at radius 1 is 1.44 bits per heavy atom. The Balaban J connectivity index is 2.15. The molecule has 0 fully saturated rings. The minimum absolute atomic E-state index is 0.421. The highest BCUT2D eigenvalue weighted by Crippen LogP contribution is 2.22. The van der Waals surface area contributed by atoms with E-state index in [0.717, 1.165) is 22.7 Å². The second kappa shape index (κ2) is 5.42. The second-order valence-corrected chi connectivity index (χ2v) is 4.55. The summed E-state index contributed by atoms with van der Waals surface area (Å²) in [5, 5.41) is 5.00. The lowest BCUT2D eigenvalue weighted by Gasteiger charge is -2.08. The van der Waals surface area contributed by atoms with Crippen molar-refractivity contribution in [1.82, 2.24) is 9.78 Å². The number of hydrogen-bond donors (Lipinski definition) is 1. The van der Waals surface area contributed by atoms with Crippen LogP contribution in [-0.2, 0) is 20.2 Å². The summed E-state index contributed by atoms with van der Waals surface area (Å²) in [6.45, 7) is 2.80. The number of aryl methyl sites for hydroxylation is 2. The summed E-state index contributed by atoms with van der Waals surface area (Å²) >= 11 is 5.93. The summed E-state index contributed by atoms with van der Waals surface area (Å²) in [7, 11) is 1.85. The van der Waals surface area contributed by atoms with Crippen molar-refractivity contribution in [2.75, 3.05) is 0 Å². The van der Waals surface area contributed by atoms with E-state index in [9.17, 15) is 0 Å². The van der Waals surface area contributed by atoms with Gasteiger partial charge in [-0.2, -0.15) is 5.10 Å². The molecular weight excluding hydrogens is 250 g/mol. The Hall–Kier alpha value is -1.52. The van der Waals surface area contributed by atoms with Crippen LogP contribution in [0.2, 0.25) is 5.02 Å². The second-order valence-electron chi connectivity index (χ2n) is 4.12. The summed E-state index contributed by atoms with van der Waals surface area (Å²) in [6.07, 6.45) is 0. The topological polar surface area (TPSA) is 53.1 Å². The van der Waals surface area contributed by atoms with Crippen molar-refractivity contribution in [3.63, 3.8) is 0 Å². The van der Waals surface area contributed by atoms with E-state index in [2.05, 4.69) is 5.10 Å². The highest BCUT2D eigenvalue weighted by molar-refractivity contribution is 6.30. The van der Waals surface area contributed by atoms with Gasteiger partial charge in [-0.1, -0.05) is 23.7 Å². The number of halogens is 1. The lowest BCUT2D eigenvalue weighted by Crippen LogP contribution is -2.05. The van der Waals surface area contributed by atoms with Crippen LogP contribution in [0.15, 0.2) is 24.3 Å². The fourth-order valence-electron chi connectivity index (χ4n) is 1.87. The average Bonchev–Trinajstić information content (AvgIpc) is 2.60. The van der Waals surface area contributed by atoms with E-state index in [0.29, 0.717) is 18.2 Å². The van der Waals surface area contributed by atoms with Crippen LogP contribution in [0.3, 0.4) is 0 Å². The summed E-state index contributed by atoms with van der Waals surface area (Å²) in [6, 6.07) is 7.59. The smallest absolute Gasteiger partial charge is 0.216 e. The van der Waals surface area contributed by atoms with Crippen molar-refractivity contribution in [3.8, 4) is 5.88 Å². The first kappa shape index (κ1) is 12.9. The zero-order chi connectivity index (χ0) is 13.1. The molecule has 0 unspecified atom stereocenters. The van der Waals surface area contributed by atoms with E-state index in [4.69, 9.17) is 22.1 Å². The molecule has 2 aromatic rings. The third kappa shape index (κ3) is 2.66. The van der Waals surface area contributed by atoms with Gasteiger partial charge in [0.15, 0.2) is 0 Å². The van der Waals surface area contributed by atoms with Crippen LogP contribution in [-0.4, -0.2) is 9.78 Å². The molecule has 1 heterocycles. The zero-order valence-corrected chi connectivity index (χ0v) is 11.2. The highest BCUT2D eigenvalue weighted by Gasteiger charge is 2.13. The zero-order valence-electron chi connectivity index (χ0n) is 10.5. The van der Waals surface area contributed by atoms with Gasteiger partial charge >= 0.3 is 0 Å². The van der Waals surface area contributed by atoms with Crippen LogP contribution >= 0.6 is 11.6 Å². The minimum Gasteiger partial charge on any atom is -0.473 e. The first-order valence-electron chi connectivity index (χ1n) is 5.71. The van der Waals surface area contributed by atoms with E-state index >= 15 is 0 Å². The van der Waals surface area contributed by atoms with Gasteiger partial charge in [-0.3, -0.25) is 0 Å². The van der Waals surface area contributed by atoms with Gasteiger partial charge in [-0.25, -0.2) is 4.68 Å². The maximum absolute atomic E-state index is 5.93. The molecule has 0 aliphatic carbocycles. The van der Waals surface area contributed by atoms with Crippen LogP contribution in [0.4, 0.5) is 0 Å². The number of ether oxygens (including phenoxy) is 1. The summed E-state index contributed by atoms with van der Waals surface area (Å²) in [5.41, 5.74) is 8.57. The maximum Gasteiger partial charge on any atom is 0.216 e. The van der Waals surface area contributed by atoms with Gasteiger partial charge in [-0.05, 0) is 24.6 Å². The van der Waals surface area contributed by atoms with Crippen molar-refractivity contribution in [2.24, 2.45) is 12.8 Å². The van der Waals surface area contributed by atoms with Gasteiger partial charge in [0.2, 0.25) is 5.88 Å². The lowest BCUT2D eigenvalue weighted by atomic mass is 10.2. The third-order valence-electron chi connectivity index (χ3n) is 2.76. The molecule has 4 nitrogen and oxygen atoms in total. The largest absolute Gasteiger partial charge is 0.473 e. The molecule has 0 amide bonds. The molecule has 5 heteroatoms. The Labute approximate surface area is 111 Å². The number of nitrogens with zero attached hydrogens (tertiary/aromatic N) is 2. The van der Waals surface area contributed by atoms with Crippen LogP contribution < -0.4 is 10.5 Å². The number of nitrogens with two attached hydrogens (primary N) is 1. The van der Waals surface area contributed by atoms with Gasteiger partial charge < -0.3 is 10.5 Å². The molecule has 0 spiro atoms. The molecule has 2 N–H and O–H groups in total. The molecule has 0 saturated heterocycles. The highest BCUT2D eigenvalue weighted by atomic mass is 35.5. The molecule has 0 aliphatic rings. The standard InChI is InChI=1S/C13H16ClN3O/c1-9-12(7-15)13(17(2)16-9)18-8-10-4-3-5-11(14)6-10/h3-6H,7-8,15H2,1-2H3. The third-order valence-corrected chi connectivity index (χ3v) is 2.99. The molecule has 0 atom stereocenters. The van der Waals surface area contributed by atoms with Gasteiger partial charge in [0.25, 0.3) is 0 Å². The average molecular weight is 266 g/mol. The van der Waals surface area contributed by atoms with Crippen LogP contribution in [0, 0.1) is 6.92 Å². The predicted molar refractivity (Wildman–Crippen MR) is 71.6 cm³/mol. The molecule has 0 saturated carbocycles. The molecule has 0 radical (unpaired) electrons. The molecule has 1 aromatic carbocycles. The normalized spacial score (nSPS) is 10.7. The summed E-state index contributed by atoms with van der Waals surface area (Å²) < 4.78 is 7.49. The van der Waals surface area contributed by atoms with E-state index < -0.39 is 0 Å².